The highest BCUT2D eigenvalue weighted by Gasteiger charge is 2.24. The van der Waals surface area contributed by atoms with Crippen molar-refractivity contribution in [2.24, 2.45) is 10.9 Å². The molecule has 0 aliphatic carbocycles. The van der Waals surface area contributed by atoms with Gasteiger partial charge in [-0.2, -0.15) is 0 Å². The molecule has 2 fully saturated rings. The molecule has 2 aliphatic heterocycles. The molecule has 168 valence electrons. The van der Waals surface area contributed by atoms with Crippen LogP contribution in [0.1, 0.15) is 27.2 Å². The van der Waals surface area contributed by atoms with E-state index < -0.39 is 0 Å². The molecule has 0 amide bonds. The summed E-state index contributed by atoms with van der Waals surface area (Å²) in [7, 11) is 0. The van der Waals surface area contributed by atoms with Gasteiger partial charge in [0.1, 0.15) is 0 Å². The summed E-state index contributed by atoms with van der Waals surface area (Å²) in [6.45, 7) is 17.5. The van der Waals surface area contributed by atoms with E-state index in [0.717, 1.165) is 50.1 Å². The monoisotopic (exact) mass is 434 g/mol. The van der Waals surface area contributed by atoms with Crippen molar-refractivity contribution in [1.82, 2.24) is 20.4 Å². The van der Waals surface area contributed by atoms with Gasteiger partial charge in [0.25, 0.3) is 0 Å². The number of hydrogen-bond donors (Lipinski definition) is 2. The van der Waals surface area contributed by atoms with Crippen LogP contribution in [-0.2, 0) is 0 Å². The lowest BCUT2D eigenvalue weighted by Crippen LogP contribution is -2.47. The van der Waals surface area contributed by atoms with Crippen LogP contribution in [0.3, 0.4) is 0 Å². The van der Waals surface area contributed by atoms with Crippen molar-refractivity contribution in [3.05, 3.63) is 29.3 Å². The number of aliphatic imine (C=N–C) groups is 1. The Bertz CT molecular complexity index is 673. The molecule has 2 aliphatic rings. The number of piperazine rings is 1. The Morgan fingerprint density at radius 2 is 1.93 bits per heavy atom. The molecule has 7 heteroatoms. The second-order valence-corrected chi connectivity index (χ2v) is 9.05. The fourth-order valence-electron chi connectivity index (χ4n) is 4.33. The summed E-state index contributed by atoms with van der Waals surface area (Å²) in [6.07, 6.45) is 1.11. The molecule has 0 saturated carbocycles. The standard InChI is InChI=1S/C23H39ClN6/c1-4-25-23(26-16-19(3)17-29-13-11-28(5-2)12-14-29)27-21-9-10-30(18-21)22-8-6-7-20(24)15-22/h6-8,15,19,21H,4-5,9-14,16-18H2,1-3H3,(H2,25,26,27). The molecule has 0 spiro atoms. The van der Waals surface area contributed by atoms with E-state index in [1.54, 1.807) is 0 Å². The lowest BCUT2D eigenvalue weighted by Gasteiger charge is -2.35. The third-order valence-electron chi connectivity index (χ3n) is 6.09. The van der Waals surface area contributed by atoms with Crippen molar-refractivity contribution in [2.45, 2.75) is 33.2 Å². The van der Waals surface area contributed by atoms with Gasteiger partial charge in [0.15, 0.2) is 5.96 Å². The molecule has 30 heavy (non-hydrogen) atoms. The normalized spacial score (nSPS) is 22.3. The zero-order chi connectivity index (χ0) is 21.3. The first-order valence-corrected chi connectivity index (χ1v) is 11.9. The number of nitrogens with zero attached hydrogens (tertiary/aromatic N) is 4. The van der Waals surface area contributed by atoms with Crippen LogP contribution in [0.4, 0.5) is 5.69 Å². The maximum Gasteiger partial charge on any atom is 0.191 e. The van der Waals surface area contributed by atoms with Crippen LogP contribution in [0, 0.1) is 5.92 Å². The third kappa shape index (κ3) is 7.03. The average Bonchev–Trinajstić information content (AvgIpc) is 3.21. The van der Waals surface area contributed by atoms with E-state index in [2.05, 4.69) is 52.2 Å². The zero-order valence-corrected chi connectivity index (χ0v) is 19.7. The maximum atomic E-state index is 6.16. The van der Waals surface area contributed by atoms with Gasteiger partial charge in [0.2, 0.25) is 0 Å². The van der Waals surface area contributed by atoms with Crippen LogP contribution < -0.4 is 15.5 Å². The molecule has 0 bridgehead atoms. The Morgan fingerprint density at radius 1 is 1.17 bits per heavy atom. The fourth-order valence-corrected chi connectivity index (χ4v) is 4.52. The highest BCUT2D eigenvalue weighted by Crippen LogP contribution is 2.23. The van der Waals surface area contributed by atoms with Crippen LogP contribution in [0.25, 0.3) is 0 Å². The van der Waals surface area contributed by atoms with E-state index in [1.807, 2.05) is 18.2 Å². The number of rotatable bonds is 8. The van der Waals surface area contributed by atoms with E-state index in [0.29, 0.717) is 12.0 Å². The number of likely N-dealkylation sites (N-methyl/N-ethyl adjacent to an activating group) is 1. The largest absolute Gasteiger partial charge is 0.369 e. The van der Waals surface area contributed by atoms with Crippen LogP contribution in [0.5, 0.6) is 0 Å². The minimum atomic E-state index is 0.402. The van der Waals surface area contributed by atoms with Gasteiger partial charge >= 0.3 is 0 Å². The van der Waals surface area contributed by atoms with E-state index >= 15 is 0 Å². The quantitative estimate of drug-likeness (QED) is 0.486. The van der Waals surface area contributed by atoms with Gasteiger partial charge in [-0.05, 0) is 44.0 Å². The second-order valence-electron chi connectivity index (χ2n) is 8.62. The molecule has 2 atom stereocenters. The number of hydrogen-bond acceptors (Lipinski definition) is 4. The minimum absolute atomic E-state index is 0.402. The second kappa shape index (κ2) is 11.8. The number of nitrogens with one attached hydrogen (secondary N) is 2. The van der Waals surface area contributed by atoms with E-state index in [9.17, 15) is 0 Å². The van der Waals surface area contributed by atoms with E-state index in [-0.39, 0.29) is 0 Å². The lowest BCUT2D eigenvalue weighted by atomic mass is 10.1. The molecule has 3 rings (SSSR count). The molecular formula is C23H39ClN6. The molecule has 2 unspecified atom stereocenters. The first-order valence-electron chi connectivity index (χ1n) is 11.6. The first kappa shape index (κ1) is 23.2. The van der Waals surface area contributed by atoms with Crippen molar-refractivity contribution in [3.8, 4) is 0 Å². The molecular weight excluding hydrogens is 396 g/mol. The summed E-state index contributed by atoms with van der Waals surface area (Å²) in [5, 5.41) is 7.87. The summed E-state index contributed by atoms with van der Waals surface area (Å²) in [5.41, 5.74) is 1.20. The van der Waals surface area contributed by atoms with Crippen LogP contribution in [-0.4, -0.2) is 87.2 Å². The molecule has 1 aromatic carbocycles. The summed E-state index contributed by atoms with van der Waals surface area (Å²) in [6, 6.07) is 8.53. The van der Waals surface area contributed by atoms with Gasteiger partial charge in [-0.25, -0.2) is 0 Å². The fraction of sp³-hybridized carbons (Fsp3) is 0.696. The molecule has 2 N–H and O–H groups in total. The lowest BCUT2D eigenvalue weighted by molar-refractivity contribution is 0.125. The Kier molecular flexibility index (Phi) is 9.09. The molecule has 0 aromatic heterocycles. The number of benzene rings is 1. The zero-order valence-electron chi connectivity index (χ0n) is 18.9. The highest BCUT2D eigenvalue weighted by atomic mass is 35.5. The van der Waals surface area contributed by atoms with Crippen LogP contribution >= 0.6 is 11.6 Å². The topological polar surface area (TPSA) is 46.1 Å². The van der Waals surface area contributed by atoms with Gasteiger partial charge in [0.05, 0.1) is 0 Å². The summed E-state index contributed by atoms with van der Waals surface area (Å²) < 4.78 is 0. The van der Waals surface area contributed by atoms with Gasteiger partial charge in [-0.1, -0.05) is 31.5 Å². The Morgan fingerprint density at radius 3 is 2.63 bits per heavy atom. The van der Waals surface area contributed by atoms with Gasteiger partial charge < -0.3 is 25.3 Å². The van der Waals surface area contributed by atoms with Gasteiger partial charge in [-0.3, -0.25) is 4.99 Å². The SMILES string of the molecule is CCNC(=NCC(C)CN1CCN(CC)CC1)NC1CCN(c2cccc(Cl)c2)C1. The maximum absolute atomic E-state index is 6.16. The summed E-state index contributed by atoms with van der Waals surface area (Å²) in [4.78, 5) is 12.4. The van der Waals surface area contributed by atoms with Crippen molar-refractivity contribution in [1.29, 1.82) is 0 Å². The van der Waals surface area contributed by atoms with Crippen LogP contribution in [0.15, 0.2) is 29.3 Å². The summed E-state index contributed by atoms with van der Waals surface area (Å²) in [5.74, 6) is 1.50. The van der Waals surface area contributed by atoms with Gasteiger partial charge in [-0.15, -0.1) is 0 Å². The van der Waals surface area contributed by atoms with Crippen LogP contribution in [0.2, 0.25) is 5.02 Å². The summed E-state index contributed by atoms with van der Waals surface area (Å²) >= 11 is 6.16. The minimum Gasteiger partial charge on any atom is -0.369 e. The number of anilines is 1. The Labute approximate surface area is 187 Å². The predicted octanol–water partition coefficient (Wildman–Crippen LogP) is 2.75. The molecule has 1 aromatic rings. The van der Waals surface area contributed by atoms with Gasteiger partial charge in [0, 0.05) is 75.7 Å². The first-order chi connectivity index (χ1) is 14.6. The average molecular weight is 435 g/mol. The smallest absolute Gasteiger partial charge is 0.191 e. The molecule has 0 radical (unpaired) electrons. The van der Waals surface area contributed by atoms with E-state index in [4.69, 9.17) is 16.6 Å². The van der Waals surface area contributed by atoms with Crippen molar-refractivity contribution < 1.29 is 0 Å². The van der Waals surface area contributed by atoms with Crippen molar-refractivity contribution in [2.75, 3.05) is 70.3 Å². The van der Waals surface area contributed by atoms with Crippen molar-refractivity contribution >= 4 is 23.2 Å². The molecule has 6 nitrogen and oxygen atoms in total. The number of halogens is 1. The van der Waals surface area contributed by atoms with Crippen molar-refractivity contribution in [3.63, 3.8) is 0 Å². The third-order valence-corrected chi connectivity index (χ3v) is 6.32. The Hall–Kier alpha value is -1.50. The Balaban J connectivity index is 1.46. The number of guanidine groups is 1. The highest BCUT2D eigenvalue weighted by molar-refractivity contribution is 6.30. The predicted molar refractivity (Wildman–Crippen MR) is 129 cm³/mol. The molecule has 2 saturated heterocycles. The van der Waals surface area contributed by atoms with E-state index in [1.165, 1.54) is 38.4 Å². The molecule has 2 heterocycles.